The first-order valence-corrected chi connectivity index (χ1v) is 8.35. The predicted molar refractivity (Wildman–Crippen MR) is 86.6 cm³/mol. The monoisotopic (exact) mass is 313 g/mol. The number of nitrogens with two attached hydrogens (primary N) is 1. The first-order chi connectivity index (χ1) is 9.89. The van der Waals surface area contributed by atoms with E-state index >= 15 is 0 Å². The summed E-state index contributed by atoms with van der Waals surface area (Å²) in [6, 6.07) is -0.0367. The van der Waals surface area contributed by atoms with Crippen molar-refractivity contribution in [1.82, 2.24) is 9.78 Å². The molecule has 1 saturated carbocycles. The van der Waals surface area contributed by atoms with Crippen LogP contribution in [0.4, 0.5) is 0 Å². The number of hydrogen-bond acceptors (Lipinski definition) is 3. The van der Waals surface area contributed by atoms with Gasteiger partial charge in [0.05, 0.1) is 11.3 Å². The Morgan fingerprint density at radius 1 is 1.48 bits per heavy atom. The molecule has 1 heterocycles. The Balaban J connectivity index is 2.17. The normalized spacial score (nSPS) is 27.8. The Hall–Kier alpha value is -0.580. The van der Waals surface area contributed by atoms with E-state index in [0.29, 0.717) is 11.8 Å². The number of nitrogens with zero attached hydrogens (tertiary/aromatic N) is 2. The number of hydrogen-bond donors (Lipinski definition) is 1. The van der Waals surface area contributed by atoms with Crippen LogP contribution in [-0.2, 0) is 18.2 Å². The van der Waals surface area contributed by atoms with Gasteiger partial charge in [-0.25, -0.2) is 0 Å². The Kier molecular flexibility index (Phi) is 5.33. The van der Waals surface area contributed by atoms with E-state index in [1.54, 1.807) is 4.68 Å². The minimum Gasteiger partial charge on any atom is -0.374 e. The summed E-state index contributed by atoms with van der Waals surface area (Å²) >= 11 is 6.35. The molecule has 1 aliphatic rings. The first-order valence-electron chi connectivity index (χ1n) is 7.97. The van der Waals surface area contributed by atoms with Crippen LogP contribution in [0.25, 0.3) is 0 Å². The summed E-state index contributed by atoms with van der Waals surface area (Å²) in [5.74, 6) is 0.773. The van der Waals surface area contributed by atoms with Crippen LogP contribution in [-0.4, -0.2) is 28.0 Å². The third kappa shape index (κ3) is 3.43. The zero-order valence-electron chi connectivity index (χ0n) is 13.7. The lowest BCUT2D eigenvalue weighted by Gasteiger charge is -2.43. The second-order valence-electron chi connectivity index (χ2n) is 6.47. The maximum absolute atomic E-state index is 6.57. The molecule has 2 rings (SSSR count). The fourth-order valence-electron chi connectivity index (χ4n) is 3.47. The topological polar surface area (TPSA) is 53.1 Å². The number of aromatic nitrogens is 2. The van der Waals surface area contributed by atoms with Crippen LogP contribution in [0.1, 0.15) is 50.8 Å². The Labute approximate surface area is 133 Å². The van der Waals surface area contributed by atoms with Gasteiger partial charge in [0, 0.05) is 25.3 Å². The van der Waals surface area contributed by atoms with Crippen molar-refractivity contribution in [3.8, 4) is 0 Å². The maximum atomic E-state index is 6.57. The van der Waals surface area contributed by atoms with Gasteiger partial charge in [-0.15, -0.1) is 0 Å². The lowest BCUT2D eigenvalue weighted by Crippen LogP contribution is -2.53. The fraction of sp³-hybridized carbons (Fsp3) is 0.812. The summed E-state index contributed by atoms with van der Waals surface area (Å²) in [7, 11) is 1.87. The summed E-state index contributed by atoms with van der Waals surface area (Å²) in [5, 5.41) is 5.07. The number of rotatable bonds is 5. The molecule has 0 amide bonds. The molecule has 0 saturated heterocycles. The third-order valence-electron chi connectivity index (χ3n) is 4.92. The van der Waals surface area contributed by atoms with Crippen molar-refractivity contribution in [3.05, 3.63) is 16.4 Å². The molecule has 0 spiro atoms. The molecule has 1 unspecified atom stereocenters. The van der Waals surface area contributed by atoms with Gasteiger partial charge in [0.1, 0.15) is 5.15 Å². The first kappa shape index (κ1) is 16.8. The fourth-order valence-corrected chi connectivity index (χ4v) is 3.72. The standard InChI is InChI=1S/C16H28ClN3O/c1-5-21-16(8-6-11(2)7-9-16)14(18)10-13-12(3)19-20(4)15(13)17/h11,14H,5-10,18H2,1-4H3. The van der Waals surface area contributed by atoms with Crippen LogP contribution in [0.5, 0.6) is 0 Å². The lowest BCUT2D eigenvalue weighted by molar-refractivity contribution is -0.0883. The molecule has 4 nitrogen and oxygen atoms in total. The van der Waals surface area contributed by atoms with E-state index in [9.17, 15) is 0 Å². The van der Waals surface area contributed by atoms with Crippen molar-refractivity contribution < 1.29 is 4.74 Å². The zero-order chi connectivity index (χ0) is 15.6. The molecule has 1 atom stereocenters. The van der Waals surface area contributed by atoms with Crippen LogP contribution >= 0.6 is 11.6 Å². The quantitative estimate of drug-likeness (QED) is 0.908. The average Bonchev–Trinajstić information content (AvgIpc) is 2.68. The molecule has 0 bridgehead atoms. The van der Waals surface area contributed by atoms with Crippen molar-refractivity contribution in [1.29, 1.82) is 0 Å². The summed E-state index contributed by atoms with van der Waals surface area (Å²) in [4.78, 5) is 0. The van der Waals surface area contributed by atoms with E-state index in [2.05, 4.69) is 18.9 Å². The van der Waals surface area contributed by atoms with Crippen molar-refractivity contribution >= 4 is 11.6 Å². The molecular formula is C16H28ClN3O. The number of aryl methyl sites for hydroxylation is 2. The van der Waals surface area contributed by atoms with Gasteiger partial charge in [0.25, 0.3) is 0 Å². The highest BCUT2D eigenvalue weighted by molar-refractivity contribution is 6.30. The van der Waals surface area contributed by atoms with Crippen molar-refractivity contribution in [3.63, 3.8) is 0 Å². The summed E-state index contributed by atoms with van der Waals surface area (Å²) in [6.45, 7) is 7.06. The van der Waals surface area contributed by atoms with Gasteiger partial charge in [0.2, 0.25) is 0 Å². The summed E-state index contributed by atoms with van der Waals surface area (Å²) < 4.78 is 7.86. The SMILES string of the molecule is CCOC1(C(N)Cc2c(C)nn(C)c2Cl)CCC(C)CC1. The van der Waals surface area contributed by atoms with Crippen LogP contribution < -0.4 is 5.73 Å². The Morgan fingerprint density at radius 3 is 2.57 bits per heavy atom. The highest BCUT2D eigenvalue weighted by atomic mass is 35.5. The van der Waals surface area contributed by atoms with Gasteiger partial charge >= 0.3 is 0 Å². The van der Waals surface area contributed by atoms with E-state index < -0.39 is 0 Å². The average molecular weight is 314 g/mol. The van der Waals surface area contributed by atoms with Gasteiger partial charge in [-0.2, -0.15) is 5.10 Å². The van der Waals surface area contributed by atoms with Crippen molar-refractivity contribution in [2.75, 3.05) is 6.61 Å². The highest BCUT2D eigenvalue weighted by Gasteiger charge is 2.40. The van der Waals surface area contributed by atoms with E-state index in [4.69, 9.17) is 22.1 Å². The molecule has 1 aliphatic carbocycles. The molecule has 0 aliphatic heterocycles. The molecule has 1 aromatic rings. The smallest absolute Gasteiger partial charge is 0.130 e. The van der Waals surface area contributed by atoms with Crippen molar-refractivity contribution in [2.45, 2.75) is 64.5 Å². The lowest BCUT2D eigenvalue weighted by atomic mass is 9.74. The Morgan fingerprint density at radius 2 is 2.10 bits per heavy atom. The molecule has 0 aromatic carbocycles. The van der Waals surface area contributed by atoms with E-state index in [0.717, 1.165) is 36.4 Å². The van der Waals surface area contributed by atoms with E-state index in [1.165, 1.54) is 12.8 Å². The molecular weight excluding hydrogens is 286 g/mol. The molecule has 120 valence electrons. The maximum Gasteiger partial charge on any atom is 0.130 e. The van der Waals surface area contributed by atoms with Gasteiger partial charge in [-0.1, -0.05) is 18.5 Å². The van der Waals surface area contributed by atoms with Gasteiger partial charge < -0.3 is 10.5 Å². The van der Waals surface area contributed by atoms with Gasteiger partial charge in [-0.3, -0.25) is 4.68 Å². The molecule has 1 aromatic heterocycles. The minimum atomic E-state index is -0.202. The summed E-state index contributed by atoms with van der Waals surface area (Å²) in [6.07, 6.45) is 5.19. The van der Waals surface area contributed by atoms with Crippen LogP contribution in [0.3, 0.4) is 0 Å². The minimum absolute atomic E-state index is 0.0367. The third-order valence-corrected chi connectivity index (χ3v) is 5.39. The molecule has 1 fully saturated rings. The zero-order valence-corrected chi connectivity index (χ0v) is 14.4. The molecule has 2 N–H and O–H groups in total. The molecule has 0 radical (unpaired) electrons. The van der Waals surface area contributed by atoms with Gasteiger partial charge in [-0.05, 0) is 51.9 Å². The molecule has 21 heavy (non-hydrogen) atoms. The van der Waals surface area contributed by atoms with Crippen LogP contribution in [0, 0.1) is 12.8 Å². The van der Waals surface area contributed by atoms with Gasteiger partial charge in [0.15, 0.2) is 0 Å². The second-order valence-corrected chi connectivity index (χ2v) is 6.83. The van der Waals surface area contributed by atoms with E-state index in [1.807, 2.05) is 14.0 Å². The highest BCUT2D eigenvalue weighted by Crippen LogP contribution is 2.38. The largest absolute Gasteiger partial charge is 0.374 e. The second kappa shape index (κ2) is 6.67. The Bertz CT molecular complexity index is 478. The van der Waals surface area contributed by atoms with E-state index in [-0.39, 0.29) is 11.6 Å². The van der Waals surface area contributed by atoms with Crippen LogP contribution in [0.2, 0.25) is 5.15 Å². The predicted octanol–water partition coefficient (Wildman–Crippen LogP) is 3.24. The van der Waals surface area contributed by atoms with Crippen LogP contribution in [0.15, 0.2) is 0 Å². The number of halogens is 1. The summed E-state index contributed by atoms with van der Waals surface area (Å²) in [5.41, 5.74) is 8.40. The van der Waals surface area contributed by atoms with Crippen molar-refractivity contribution in [2.24, 2.45) is 18.7 Å². The molecule has 5 heteroatoms. The number of ether oxygens (including phenoxy) is 1.